The predicted octanol–water partition coefficient (Wildman–Crippen LogP) is 9.90. The number of hydrogen-bond acceptors (Lipinski definition) is 3. The SMILES string of the molecule is O=C1c2ccccc2-c2cccc(-c3ccccc3C#Cc3ccccc3N3c4ccccc4Sc4ccccc43)c21. The molecule has 0 saturated heterocycles. The Hall–Kier alpha value is -5.30. The summed E-state index contributed by atoms with van der Waals surface area (Å²) in [6.45, 7) is 0. The van der Waals surface area contributed by atoms with Crippen molar-refractivity contribution in [2.24, 2.45) is 0 Å². The van der Waals surface area contributed by atoms with Crippen LogP contribution in [-0.2, 0) is 0 Å². The molecule has 0 unspecified atom stereocenters. The summed E-state index contributed by atoms with van der Waals surface area (Å²) in [5.74, 6) is 7.07. The highest BCUT2D eigenvalue weighted by Crippen LogP contribution is 2.51. The highest BCUT2D eigenvalue weighted by atomic mass is 32.2. The summed E-state index contributed by atoms with van der Waals surface area (Å²) >= 11 is 1.80. The number of fused-ring (bicyclic) bond motifs is 5. The van der Waals surface area contributed by atoms with Crippen molar-refractivity contribution in [1.29, 1.82) is 0 Å². The summed E-state index contributed by atoms with van der Waals surface area (Å²) in [4.78, 5) is 18.3. The van der Waals surface area contributed by atoms with E-state index in [1.807, 2.05) is 66.7 Å². The van der Waals surface area contributed by atoms with E-state index in [1.165, 1.54) is 9.79 Å². The summed E-state index contributed by atoms with van der Waals surface area (Å²) in [6.07, 6.45) is 0. The summed E-state index contributed by atoms with van der Waals surface area (Å²) in [6, 6.07) is 47.5. The molecule has 0 radical (unpaired) electrons. The van der Waals surface area contributed by atoms with Gasteiger partial charge in [0.25, 0.3) is 0 Å². The van der Waals surface area contributed by atoms with Crippen LogP contribution in [0.4, 0.5) is 17.1 Å². The second kappa shape index (κ2) is 9.96. The van der Waals surface area contributed by atoms with Crippen LogP contribution in [0.25, 0.3) is 22.3 Å². The number of rotatable bonds is 2. The quantitative estimate of drug-likeness (QED) is 0.199. The average molecular weight is 554 g/mol. The van der Waals surface area contributed by atoms with Crippen LogP contribution in [0.5, 0.6) is 0 Å². The van der Waals surface area contributed by atoms with Crippen molar-refractivity contribution in [3.05, 3.63) is 162 Å². The molecular formula is C39H23NOS. The molecule has 6 aromatic carbocycles. The van der Waals surface area contributed by atoms with Gasteiger partial charge in [0.05, 0.1) is 17.1 Å². The number of para-hydroxylation sites is 3. The largest absolute Gasteiger partial charge is 0.307 e. The van der Waals surface area contributed by atoms with E-state index in [4.69, 9.17) is 0 Å². The number of ketones is 1. The van der Waals surface area contributed by atoms with Crippen LogP contribution < -0.4 is 4.90 Å². The minimum Gasteiger partial charge on any atom is -0.307 e. The molecule has 0 bridgehead atoms. The van der Waals surface area contributed by atoms with Gasteiger partial charge in [0.15, 0.2) is 5.78 Å². The van der Waals surface area contributed by atoms with Gasteiger partial charge < -0.3 is 4.90 Å². The first kappa shape index (κ1) is 24.5. The molecule has 1 heterocycles. The fraction of sp³-hybridized carbons (Fsp3) is 0. The molecule has 0 amide bonds. The Morgan fingerprint density at radius 1 is 0.429 bits per heavy atom. The molecule has 8 rings (SSSR count). The first-order valence-corrected chi connectivity index (χ1v) is 14.7. The molecule has 2 aliphatic rings. The van der Waals surface area contributed by atoms with E-state index in [-0.39, 0.29) is 5.78 Å². The van der Waals surface area contributed by atoms with Crippen molar-refractivity contribution in [2.45, 2.75) is 9.79 Å². The maximum atomic E-state index is 13.6. The smallest absolute Gasteiger partial charge is 0.194 e. The molecule has 0 saturated carbocycles. The zero-order valence-electron chi connectivity index (χ0n) is 22.5. The van der Waals surface area contributed by atoms with Crippen LogP contribution in [-0.4, -0.2) is 5.78 Å². The number of nitrogens with zero attached hydrogens (tertiary/aromatic N) is 1. The zero-order chi connectivity index (χ0) is 28.0. The van der Waals surface area contributed by atoms with Gasteiger partial charge in [0, 0.05) is 32.0 Å². The van der Waals surface area contributed by atoms with Gasteiger partial charge in [0.1, 0.15) is 0 Å². The van der Waals surface area contributed by atoms with Gasteiger partial charge in [-0.2, -0.15) is 0 Å². The van der Waals surface area contributed by atoms with Gasteiger partial charge in [-0.05, 0) is 64.7 Å². The van der Waals surface area contributed by atoms with Gasteiger partial charge in [0.2, 0.25) is 0 Å². The third-order valence-electron chi connectivity index (χ3n) is 7.88. The van der Waals surface area contributed by atoms with Crippen LogP contribution in [0, 0.1) is 11.8 Å². The summed E-state index contributed by atoms with van der Waals surface area (Å²) in [5.41, 5.74) is 10.5. The molecule has 3 heteroatoms. The number of carbonyl (C=O) groups excluding carboxylic acids is 1. The van der Waals surface area contributed by atoms with Gasteiger partial charge >= 0.3 is 0 Å². The van der Waals surface area contributed by atoms with Gasteiger partial charge in [-0.1, -0.05) is 121 Å². The van der Waals surface area contributed by atoms with Gasteiger partial charge in [-0.15, -0.1) is 0 Å². The van der Waals surface area contributed by atoms with Crippen LogP contribution in [0.3, 0.4) is 0 Å². The fourth-order valence-corrected chi connectivity index (χ4v) is 7.05. The van der Waals surface area contributed by atoms with E-state index >= 15 is 0 Å². The standard InChI is InChI=1S/C39H23NOS/c41-39-32-16-5-4-15-29(32)31-18-11-17-30(38(31)39)28-14-3-1-12-26(28)24-25-27-13-2-6-19-33(27)40-34-20-7-9-22-36(34)42-37-23-10-8-21-35(37)40/h1-23H. The lowest BCUT2D eigenvalue weighted by atomic mass is 9.92. The normalized spacial score (nSPS) is 12.5. The highest BCUT2D eigenvalue weighted by molar-refractivity contribution is 7.99. The van der Waals surface area contributed by atoms with E-state index in [0.29, 0.717) is 0 Å². The van der Waals surface area contributed by atoms with Crippen LogP contribution in [0.1, 0.15) is 27.0 Å². The minimum absolute atomic E-state index is 0.0737. The van der Waals surface area contributed by atoms with Gasteiger partial charge in [-0.3, -0.25) is 4.79 Å². The van der Waals surface area contributed by atoms with Crippen molar-refractivity contribution in [2.75, 3.05) is 4.90 Å². The second-order valence-corrected chi connectivity index (χ2v) is 11.4. The molecule has 0 aromatic heterocycles. The molecule has 6 aromatic rings. The lowest BCUT2D eigenvalue weighted by Gasteiger charge is -2.33. The minimum atomic E-state index is 0.0737. The lowest BCUT2D eigenvalue weighted by Crippen LogP contribution is -2.15. The predicted molar refractivity (Wildman–Crippen MR) is 172 cm³/mol. The molecule has 1 aliphatic carbocycles. The summed E-state index contributed by atoms with van der Waals surface area (Å²) in [7, 11) is 0. The molecule has 1 aliphatic heterocycles. The van der Waals surface area contributed by atoms with Gasteiger partial charge in [-0.25, -0.2) is 0 Å². The first-order chi connectivity index (χ1) is 20.8. The Bertz CT molecular complexity index is 2070. The Kier molecular flexibility index (Phi) is 5.81. The third-order valence-corrected chi connectivity index (χ3v) is 9.01. The van der Waals surface area contributed by atoms with Crippen LogP contribution in [0.2, 0.25) is 0 Å². The Morgan fingerprint density at radius 2 is 0.905 bits per heavy atom. The molecule has 0 atom stereocenters. The molecule has 2 nitrogen and oxygen atoms in total. The van der Waals surface area contributed by atoms with Crippen molar-refractivity contribution >= 4 is 34.6 Å². The number of anilines is 3. The average Bonchev–Trinajstić information content (AvgIpc) is 3.35. The first-order valence-electron chi connectivity index (χ1n) is 13.9. The van der Waals surface area contributed by atoms with Crippen LogP contribution >= 0.6 is 11.8 Å². The van der Waals surface area contributed by atoms with Crippen molar-refractivity contribution in [1.82, 2.24) is 0 Å². The maximum Gasteiger partial charge on any atom is 0.194 e. The maximum absolute atomic E-state index is 13.6. The third kappa shape index (κ3) is 3.89. The van der Waals surface area contributed by atoms with E-state index in [2.05, 4.69) is 89.5 Å². The molecule has 0 spiro atoms. The highest BCUT2D eigenvalue weighted by Gasteiger charge is 2.29. The van der Waals surface area contributed by atoms with E-state index in [0.717, 1.165) is 61.6 Å². The fourth-order valence-electron chi connectivity index (χ4n) is 6.00. The van der Waals surface area contributed by atoms with Crippen molar-refractivity contribution < 1.29 is 4.79 Å². The molecule has 42 heavy (non-hydrogen) atoms. The van der Waals surface area contributed by atoms with Crippen molar-refractivity contribution in [3.8, 4) is 34.1 Å². The Labute approximate surface area is 249 Å². The molecular weight excluding hydrogens is 531 g/mol. The Morgan fingerprint density at radius 3 is 1.62 bits per heavy atom. The van der Waals surface area contributed by atoms with Crippen molar-refractivity contribution in [3.63, 3.8) is 0 Å². The summed E-state index contributed by atoms with van der Waals surface area (Å²) < 4.78 is 0. The molecule has 196 valence electrons. The number of carbonyl (C=O) groups is 1. The van der Waals surface area contributed by atoms with Crippen LogP contribution in [0.15, 0.2) is 149 Å². The second-order valence-electron chi connectivity index (χ2n) is 10.3. The monoisotopic (exact) mass is 553 g/mol. The van der Waals surface area contributed by atoms with E-state index < -0.39 is 0 Å². The summed E-state index contributed by atoms with van der Waals surface area (Å²) in [5, 5.41) is 0. The Balaban J connectivity index is 1.26. The zero-order valence-corrected chi connectivity index (χ0v) is 23.4. The van der Waals surface area contributed by atoms with E-state index in [1.54, 1.807) is 11.8 Å². The molecule has 0 fully saturated rings. The molecule has 0 N–H and O–H groups in total. The number of benzene rings is 6. The van der Waals surface area contributed by atoms with E-state index in [9.17, 15) is 4.79 Å². The lowest BCUT2D eigenvalue weighted by molar-refractivity contribution is 0.104. The topological polar surface area (TPSA) is 20.3 Å². The number of hydrogen-bond donors (Lipinski definition) is 0.